The van der Waals surface area contributed by atoms with E-state index in [-0.39, 0.29) is 6.04 Å². The molecule has 0 amide bonds. The Hall–Kier alpha value is -2.28. The average Bonchev–Trinajstić information content (AvgIpc) is 2.47. The van der Waals surface area contributed by atoms with Crippen LogP contribution >= 0.6 is 0 Å². The van der Waals surface area contributed by atoms with Crippen LogP contribution in [0.1, 0.15) is 28.3 Å². The van der Waals surface area contributed by atoms with Crippen LogP contribution in [-0.4, -0.2) is 0 Å². The molecule has 0 radical (unpaired) electrons. The largest absolute Gasteiger partial charge is 0.381 e. The molecule has 3 rings (SSSR count). The molecule has 0 saturated carbocycles. The number of rotatable bonds is 2. The van der Waals surface area contributed by atoms with Crippen molar-refractivity contribution in [2.75, 3.05) is 0 Å². The second-order valence-corrected chi connectivity index (χ2v) is 5.84. The van der Waals surface area contributed by atoms with Crippen molar-refractivity contribution in [3.63, 3.8) is 0 Å². The first-order chi connectivity index (χ1) is 10.1. The zero-order valence-corrected chi connectivity index (χ0v) is 12.9. The van der Waals surface area contributed by atoms with Crippen molar-refractivity contribution in [1.29, 1.82) is 0 Å². The summed E-state index contributed by atoms with van der Waals surface area (Å²) < 4.78 is 0. The van der Waals surface area contributed by atoms with Crippen molar-refractivity contribution in [2.45, 2.75) is 26.8 Å². The van der Waals surface area contributed by atoms with Gasteiger partial charge in [-0.15, -0.1) is 0 Å². The van der Waals surface area contributed by atoms with E-state index in [1.54, 1.807) is 0 Å². The van der Waals surface area contributed by atoms with Crippen LogP contribution in [-0.2, 0) is 0 Å². The van der Waals surface area contributed by atoms with Crippen LogP contribution in [0.15, 0.2) is 60.8 Å². The maximum Gasteiger partial charge on any atom is 0.0698 e. The maximum absolute atomic E-state index is 3.39. The molecule has 1 nitrogen and oxygen atoms in total. The second kappa shape index (κ2) is 5.61. The molecular weight excluding hydrogens is 254 g/mol. The van der Waals surface area contributed by atoms with Crippen LogP contribution in [0.5, 0.6) is 0 Å². The highest BCUT2D eigenvalue weighted by Gasteiger charge is 2.11. The summed E-state index contributed by atoms with van der Waals surface area (Å²) in [5.74, 6) is 0. The molecule has 0 aliphatic carbocycles. The Bertz CT molecular complexity index is 702. The van der Waals surface area contributed by atoms with Crippen molar-refractivity contribution in [1.82, 2.24) is 5.32 Å². The smallest absolute Gasteiger partial charge is 0.0698 e. The van der Waals surface area contributed by atoms with Gasteiger partial charge >= 0.3 is 0 Å². The highest BCUT2D eigenvalue weighted by Crippen LogP contribution is 2.28. The van der Waals surface area contributed by atoms with Gasteiger partial charge in [0.2, 0.25) is 0 Å². The lowest BCUT2D eigenvalue weighted by atomic mass is 9.94. The molecule has 1 heterocycles. The molecule has 0 saturated heterocycles. The minimum Gasteiger partial charge on any atom is -0.381 e. The number of benzene rings is 2. The van der Waals surface area contributed by atoms with Gasteiger partial charge in [0.15, 0.2) is 0 Å². The quantitative estimate of drug-likeness (QED) is 0.814. The minimum absolute atomic E-state index is 0.281. The van der Waals surface area contributed by atoms with Crippen molar-refractivity contribution >= 4 is 0 Å². The molecule has 21 heavy (non-hydrogen) atoms. The third kappa shape index (κ3) is 2.92. The number of aryl methyl sites for hydroxylation is 3. The zero-order chi connectivity index (χ0) is 14.8. The SMILES string of the molecule is Cc1cc(C)cc(-c2ccc(C3C=CC=CN3)c(C)c2)c1. The van der Waals surface area contributed by atoms with Crippen LogP contribution in [0, 0.1) is 20.8 Å². The molecule has 0 aromatic heterocycles. The zero-order valence-electron chi connectivity index (χ0n) is 12.9. The molecule has 0 bridgehead atoms. The summed E-state index contributed by atoms with van der Waals surface area (Å²) in [6, 6.07) is 13.8. The van der Waals surface area contributed by atoms with E-state index < -0.39 is 0 Å². The number of hydrogen-bond acceptors (Lipinski definition) is 1. The van der Waals surface area contributed by atoms with Gasteiger partial charge in [-0.2, -0.15) is 0 Å². The monoisotopic (exact) mass is 275 g/mol. The minimum atomic E-state index is 0.281. The summed E-state index contributed by atoms with van der Waals surface area (Å²) in [4.78, 5) is 0. The Morgan fingerprint density at radius 3 is 2.19 bits per heavy atom. The molecule has 1 aliphatic rings. The predicted octanol–water partition coefficient (Wildman–Crippen LogP) is 4.99. The second-order valence-electron chi connectivity index (χ2n) is 5.84. The first-order valence-corrected chi connectivity index (χ1v) is 7.42. The standard InChI is InChI=1S/C20H21N/c1-14-10-15(2)12-18(11-14)17-7-8-19(16(3)13-17)20-6-4-5-9-21-20/h4-13,20-21H,1-3H3. The molecular formula is C20H21N. The highest BCUT2D eigenvalue weighted by molar-refractivity contribution is 5.66. The van der Waals surface area contributed by atoms with E-state index >= 15 is 0 Å². The van der Waals surface area contributed by atoms with Crippen molar-refractivity contribution < 1.29 is 0 Å². The summed E-state index contributed by atoms with van der Waals surface area (Å²) in [5.41, 5.74) is 7.88. The first kappa shape index (κ1) is 13.7. The lowest BCUT2D eigenvalue weighted by Gasteiger charge is -2.19. The number of nitrogens with one attached hydrogen (secondary N) is 1. The molecule has 2 aromatic rings. The Kier molecular flexibility index (Phi) is 3.66. The lowest BCUT2D eigenvalue weighted by Crippen LogP contribution is -2.15. The van der Waals surface area contributed by atoms with Gasteiger partial charge in [-0.1, -0.05) is 59.7 Å². The summed E-state index contributed by atoms with van der Waals surface area (Å²) in [6.45, 7) is 6.50. The normalized spacial score (nSPS) is 16.8. The van der Waals surface area contributed by atoms with Gasteiger partial charge in [0.1, 0.15) is 0 Å². The third-order valence-electron chi connectivity index (χ3n) is 3.95. The molecule has 0 spiro atoms. The maximum atomic E-state index is 3.39. The highest BCUT2D eigenvalue weighted by atomic mass is 14.9. The van der Waals surface area contributed by atoms with Crippen molar-refractivity contribution in [3.8, 4) is 11.1 Å². The van der Waals surface area contributed by atoms with Crippen LogP contribution in [0.25, 0.3) is 11.1 Å². The summed E-state index contributed by atoms with van der Waals surface area (Å²) >= 11 is 0. The van der Waals surface area contributed by atoms with Gasteiger partial charge in [0, 0.05) is 0 Å². The molecule has 1 heteroatoms. The fourth-order valence-corrected chi connectivity index (χ4v) is 2.98. The van der Waals surface area contributed by atoms with E-state index in [9.17, 15) is 0 Å². The van der Waals surface area contributed by atoms with E-state index in [0.29, 0.717) is 0 Å². The Labute approximate surface area is 127 Å². The van der Waals surface area contributed by atoms with Crippen LogP contribution in [0.3, 0.4) is 0 Å². The fraction of sp³-hybridized carbons (Fsp3) is 0.200. The number of dihydropyridines is 1. The van der Waals surface area contributed by atoms with E-state index in [4.69, 9.17) is 0 Å². The Morgan fingerprint density at radius 1 is 0.810 bits per heavy atom. The summed E-state index contributed by atoms with van der Waals surface area (Å²) in [5, 5.41) is 3.39. The molecule has 1 N–H and O–H groups in total. The van der Waals surface area contributed by atoms with E-state index in [1.165, 1.54) is 33.4 Å². The van der Waals surface area contributed by atoms with Crippen LogP contribution in [0.4, 0.5) is 0 Å². The molecule has 1 unspecified atom stereocenters. The Balaban J connectivity index is 1.97. The van der Waals surface area contributed by atoms with Crippen LogP contribution < -0.4 is 5.32 Å². The summed E-state index contributed by atoms with van der Waals surface area (Å²) in [7, 11) is 0. The predicted molar refractivity (Wildman–Crippen MR) is 90.2 cm³/mol. The van der Waals surface area contributed by atoms with E-state index in [2.05, 4.69) is 74.6 Å². The Morgan fingerprint density at radius 2 is 1.57 bits per heavy atom. The average molecular weight is 275 g/mol. The van der Waals surface area contributed by atoms with Gasteiger partial charge in [-0.05, 0) is 55.3 Å². The van der Waals surface area contributed by atoms with Gasteiger partial charge in [0.25, 0.3) is 0 Å². The van der Waals surface area contributed by atoms with Crippen molar-refractivity contribution in [3.05, 3.63) is 83.1 Å². The van der Waals surface area contributed by atoms with Gasteiger partial charge in [-0.25, -0.2) is 0 Å². The topological polar surface area (TPSA) is 12.0 Å². The third-order valence-corrected chi connectivity index (χ3v) is 3.95. The van der Waals surface area contributed by atoms with Crippen molar-refractivity contribution in [2.24, 2.45) is 0 Å². The fourth-order valence-electron chi connectivity index (χ4n) is 2.98. The van der Waals surface area contributed by atoms with Gasteiger partial charge < -0.3 is 5.32 Å². The number of allylic oxidation sites excluding steroid dienone is 2. The first-order valence-electron chi connectivity index (χ1n) is 7.42. The van der Waals surface area contributed by atoms with Gasteiger partial charge in [-0.3, -0.25) is 0 Å². The molecule has 0 fully saturated rings. The summed E-state index contributed by atoms with van der Waals surface area (Å²) in [6.07, 6.45) is 8.31. The molecule has 106 valence electrons. The van der Waals surface area contributed by atoms with E-state index in [0.717, 1.165) is 0 Å². The molecule has 1 atom stereocenters. The van der Waals surface area contributed by atoms with Gasteiger partial charge in [0.05, 0.1) is 6.04 Å². The van der Waals surface area contributed by atoms with Crippen LogP contribution in [0.2, 0.25) is 0 Å². The van der Waals surface area contributed by atoms with E-state index in [1.807, 2.05) is 12.3 Å². The number of hydrogen-bond donors (Lipinski definition) is 1. The lowest BCUT2D eigenvalue weighted by molar-refractivity contribution is 0.741. The molecule has 1 aliphatic heterocycles. The molecule has 2 aromatic carbocycles.